The van der Waals surface area contributed by atoms with Crippen molar-refractivity contribution < 1.29 is 9.59 Å². The molecule has 126 valence electrons. The van der Waals surface area contributed by atoms with E-state index in [9.17, 15) is 9.59 Å². The van der Waals surface area contributed by atoms with Crippen LogP contribution in [-0.4, -0.2) is 48.4 Å². The summed E-state index contributed by atoms with van der Waals surface area (Å²) in [6.07, 6.45) is 0. The summed E-state index contributed by atoms with van der Waals surface area (Å²) < 4.78 is 0. The molecule has 1 heterocycles. The van der Waals surface area contributed by atoms with Crippen LogP contribution in [0.5, 0.6) is 0 Å². The van der Waals surface area contributed by atoms with Crippen LogP contribution in [0.3, 0.4) is 0 Å². The van der Waals surface area contributed by atoms with E-state index in [0.29, 0.717) is 23.7 Å². The summed E-state index contributed by atoms with van der Waals surface area (Å²) in [7, 11) is 0. The second-order valence-corrected chi connectivity index (χ2v) is 6.72. The molecule has 0 aromatic heterocycles. The van der Waals surface area contributed by atoms with Gasteiger partial charge in [-0.25, -0.2) is 0 Å². The highest BCUT2D eigenvalue weighted by atomic mass is 35.5. The number of hydrogen-bond acceptors (Lipinski definition) is 3. The number of halogens is 1. The Kier molecular flexibility index (Phi) is 6.02. The lowest BCUT2D eigenvalue weighted by atomic mass is 10.0. The van der Waals surface area contributed by atoms with Gasteiger partial charge in [-0.2, -0.15) is 0 Å². The standard InChI is InChI=1S/C17H24ClN3O2/c1-11(2)15(17(23)21-9-8-19-12(3)10-21)20-16(22)13-6-4-5-7-14(13)18/h4-7,11-12,15,19H,8-10H2,1-3H3,(H,20,22). The SMILES string of the molecule is CC1CN(C(=O)C(NC(=O)c2ccccc2Cl)C(C)C)CCN1. The molecule has 1 fully saturated rings. The summed E-state index contributed by atoms with van der Waals surface area (Å²) in [6.45, 7) is 8.00. The fourth-order valence-corrected chi connectivity index (χ4v) is 2.93. The van der Waals surface area contributed by atoms with Gasteiger partial charge in [-0.05, 0) is 25.0 Å². The van der Waals surface area contributed by atoms with Crippen molar-refractivity contribution in [1.29, 1.82) is 0 Å². The minimum Gasteiger partial charge on any atom is -0.340 e. The molecule has 23 heavy (non-hydrogen) atoms. The van der Waals surface area contributed by atoms with Crippen molar-refractivity contribution in [2.24, 2.45) is 5.92 Å². The monoisotopic (exact) mass is 337 g/mol. The Bertz CT molecular complexity index is 577. The molecule has 0 radical (unpaired) electrons. The van der Waals surface area contributed by atoms with Gasteiger partial charge in [0.2, 0.25) is 5.91 Å². The van der Waals surface area contributed by atoms with E-state index in [1.807, 2.05) is 25.7 Å². The first-order valence-electron chi connectivity index (χ1n) is 7.97. The van der Waals surface area contributed by atoms with Gasteiger partial charge in [-0.1, -0.05) is 37.6 Å². The molecule has 1 aliphatic rings. The first kappa shape index (κ1) is 17.8. The fraction of sp³-hybridized carbons (Fsp3) is 0.529. The molecule has 6 heteroatoms. The van der Waals surface area contributed by atoms with E-state index in [1.165, 1.54) is 0 Å². The summed E-state index contributed by atoms with van der Waals surface area (Å²) in [5, 5.41) is 6.55. The van der Waals surface area contributed by atoms with Crippen LogP contribution in [-0.2, 0) is 4.79 Å². The van der Waals surface area contributed by atoms with Crippen molar-refractivity contribution in [2.75, 3.05) is 19.6 Å². The van der Waals surface area contributed by atoms with Crippen LogP contribution < -0.4 is 10.6 Å². The minimum absolute atomic E-state index is 0.000806. The highest BCUT2D eigenvalue weighted by Gasteiger charge is 2.31. The average Bonchev–Trinajstić information content (AvgIpc) is 2.52. The molecule has 2 atom stereocenters. The van der Waals surface area contributed by atoms with Crippen molar-refractivity contribution in [3.8, 4) is 0 Å². The third kappa shape index (κ3) is 4.45. The summed E-state index contributed by atoms with van der Waals surface area (Å²) >= 11 is 6.07. The van der Waals surface area contributed by atoms with Crippen molar-refractivity contribution in [1.82, 2.24) is 15.5 Å². The third-order valence-corrected chi connectivity index (χ3v) is 4.35. The third-order valence-electron chi connectivity index (χ3n) is 4.02. The molecular weight excluding hydrogens is 314 g/mol. The van der Waals surface area contributed by atoms with E-state index < -0.39 is 6.04 Å². The fourth-order valence-electron chi connectivity index (χ4n) is 2.71. The molecule has 5 nitrogen and oxygen atoms in total. The quantitative estimate of drug-likeness (QED) is 0.882. The Labute approximate surface area is 142 Å². The Balaban J connectivity index is 2.11. The molecule has 0 spiro atoms. The molecule has 2 unspecified atom stereocenters. The van der Waals surface area contributed by atoms with Crippen molar-refractivity contribution >= 4 is 23.4 Å². The van der Waals surface area contributed by atoms with Crippen LogP contribution in [0.25, 0.3) is 0 Å². The number of amides is 2. The van der Waals surface area contributed by atoms with Crippen LogP contribution in [0.2, 0.25) is 5.02 Å². The van der Waals surface area contributed by atoms with Gasteiger partial charge in [0.15, 0.2) is 0 Å². The van der Waals surface area contributed by atoms with E-state index in [2.05, 4.69) is 10.6 Å². The summed E-state index contributed by atoms with van der Waals surface area (Å²) in [4.78, 5) is 27.1. The van der Waals surface area contributed by atoms with Crippen LogP contribution in [0.4, 0.5) is 0 Å². The van der Waals surface area contributed by atoms with Gasteiger partial charge in [0.1, 0.15) is 6.04 Å². The summed E-state index contributed by atoms with van der Waals surface area (Å²) in [5.74, 6) is -0.348. The molecule has 1 aliphatic heterocycles. The van der Waals surface area contributed by atoms with Crippen LogP contribution >= 0.6 is 11.6 Å². The maximum atomic E-state index is 12.8. The maximum Gasteiger partial charge on any atom is 0.253 e. The van der Waals surface area contributed by atoms with Gasteiger partial charge in [-0.15, -0.1) is 0 Å². The smallest absolute Gasteiger partial charge is 0.253 e. The molecule has 2 rings (SSSR count). The van der Waals surface area contributed by atoms with Crippen LogP contribution in [0, 0.1) is 5.92 Å². The predicted molar refractivity (Wildman–Crippen MR) is 91.6 cm³/mol. The predicted octanol–water partition coefficient (Wildman–Crippen LogP) is 1.91. The molecule has 0 aliphatic carbocycles. The lowest BCUT2D eigenvalue weighted by Gasteiger charge is -2.35. The van der Waals surface area contributed by atoms with Crippen LogP contribution in [0.15, 0.2) is 24.3 Å². The van der Waals surface area contributed by atoms with E-state index in [1.54, 1.807) is 24.3 Å². The van der Waals surface area contributed by atoms with Gasteiger partial charge in [0.05, 0.1) is 10.6 Å². The number of carbonyl (C=O) groups excluding carboxylic acids is 2. The van der Waals surface area contributed by atoms with E-state index in [-0.39, 0.29) is 23.8 Å². The van der Waals surface area contributed by atoms with Gasteiger partial charge >= 0.3 is 0 Å². The Morgan fingerprint density at radius 1 is 1.35 bits per heavy atom. The molecule has 0 bridgehead atoms. The molecule has 2 amide bonds. The molecular formula is C17H24ClN3O2. The Morgan fingerprint density at radius 2 is 2.04 bits per heavy atom. The van der Waals surface area contributed by atoms with Gasteiger partial charge in [-0.3, -0.25) is 9.59 Å². The van der Waals surface area contributed by atoms with E-state index in [4.69, 9.17) is 11.6 Å². The van der Waals surface area contributed by atoms with Gasteiger partial charge in [0, 0.05) is 25.7 Å². The number of nitrogens with one attached hydrogen (secondary N) is 2. The zero-order chi connectivity index (χ0) is 17.0. The number of piperazine rings is 1. The lowest BCUT2D eigenvalue weighted by molar-refractivity contribution is -0.135. The topological polar surface area (TPSA) is 61.4 Å². The molecule has 1 aromatic carbocycles. The maximum absolute atomic E-state index is 12.8. The number of carbonyl (C=O) groups is 2. The zero-order valence-corrected chi connectivity index (χ0v) is 14.6. The first-order valence-corrected chi connectivity index (χ1v) is 8.35. The average molecular weight is 338 g/mol. The first-order chi connectivity index (χ1) is 10.9. The largest absolute Gasteiger partial charge is 0.340 e. The number of rotatable bonds is 4. The Hall–Kier alpha value is -1.59. The van der Waals surface area contributed by atoms with Gasteiger partial charge < -0.3 is 15.5 Å². The summed E-state index contributed by atoms with van der Waals surface area (Å²) in [5.41, 5.74) is 0.390. The molecule has 1 saturated heterocycles. The van der Waals surface area contributed by atoms with Gasteiger partial charge in [0.25, 0.3) is 5.91 Å². The normalized spacial score (nSPS) is 19.5. The summed E-state index contributed by atoms with van der Waals surface area (Å²) in [6, 6.07) is 6.56. The highest BCUT2D eigenvalue weighted by molar-refractivity contribution is 6.33. The van der Waals surface area contributed by atoms with E-state index in [0.717, 1.165) is 6.54 Å². The molecule has 2 N–H and O–H groups in total. The minimum atomic E-state index is -0.552. The van der Waals surface area contributed by atoms with Crippen molar-refractivity contribution in [3.05, 3.63) is 34.9 Å². The zero-order valence-electron chi connectivity index (χ0n) is 13.8. The molecule has 1 aromatic rings. The highest BCUT2D eigenvalue weighted by Crippen LogP contribution is 2.16. The van der Waals surface area contributed by atoms with E-state index >= 15 is 0 Å². The lowest BCUT2D eigenvalue weighted by Crippen LogP contribution is -2.58. The van der Waals surface area contributed by atoms with Crippen molar-refractivity contribution in [3.63, 3.8) is 0 Å². The van der Waals surface area contributed by atoms with Crippen molar-refractivity contribution in [2.45, 2.75) is 32.9 Å². The Morgan fingerprint density at radius 3 is 2.65 bits per heavy atom. The second-order valence-electron chi connectivity index (χ2n) is 6.31. The number of hydrogen-bond donors (Lipinski definition) is 2. The second kappa shape index (κ2) is 7.79. The molecule has 0 saturated carbocycles. The number of benzene rings is 1. The van der Waals surface area contributed by atoms with Crippen LogP contribution in [0.1, 0.15) is 31.1 Å². The number of nitrogens with zero attached hydrogens (tertiary/aromatic N) is 1.